The first-order valence-corrected chi connectivity index (χ1v) is 11.0. The molecule has 0 radical (unpaired) electrons. The van der Waals surface area contributed by atoms with Crippen LogP contribution in [0.1, 0.15) is 41.7 Å². The van der Waals surface area contributed by atoms with Crippen LogP contribution in [-0.4, -0.2) is 19.5 Å². The normalized spacial score (nSPS) is 11.8. The highest BCUT2D eigenvalue weighted by Crippen LogP contribution is 2.30. The SMILES string of the molecule is Cc1nc2ccccc2nc1CSc1nc2sc(C)c(C)c2c(=O)n1C(C)C. The van der Waals surface area contributed by atoms with Gasteiger partial charge in [-0.05, 0) is 52.3 Å². The number of fused-ring (bicyclic) bond motifs is 2. The van der Waals surface area contributed by atoms with Gasteiger partial charge in [0.25, 0.3) is 5.56 Å². The number of aromatic nitrogens is 4. The van der Waals surface area contributed by atoms with Gasteiger partial charge >= 0.3 is 0 Å². The zero-order valence-corrected chi connectivity index (χ0v) is 18.2. The molecule has 0 saturated heterocycles. The van der Waals surface area contributed by atoms with Gasteiger partial charge in [-0.2, -0.15) is 0 Å². The second-order valence-corrected chi connectivity index (χ2v) is 9.31. The number of benzene rings is 1. The third-order valence-electron chi connectivity index (χ3n) is 4.90. The van der Waals surface area contributed by atoms with Crippen LogP contribution < -0.4 is 5.56 Å². The van der Waals surface area contributed by atoms with Crippen molar-refractivity contribution in [2.75, 3.05) is 0 Å². The quantitative estimate of drug-likeness (QED) is 0.342. The summed E-state index contributed by atoms with van der Waals surface area (Å²) in [7, 11) is 0. The Morgan fingerprint density at radius 2 is 1.75 bits per heavy atom. The van der Waals surface area contributed by atoms with E-state index in [9.17, 15) is 4.79 Å². The average Bonchev–Trinajstić information content (AvgIpc) is 2.93. The Morgan fingerprint density at radius 3 is 2.43 bits per heavy atom. The fourth-order valence-corrected chi connectivity index (χ4v) is 5.44. The molecule has 4 aromatic rings. The summed E-state index contributed by atoms with van der Waals surface area (Å²) in [6, 6.07) is 7.92. The molecular weight excluding hydrogens is 388 g/mol. The van der Waals surface area contributed by atoms with Crippen molar-refractivity contribution in [3.05, 3.63) is 56.4 Å². The Bertz CT molecular complexity index is 1260. The molecular formula is C21H22N4OS2. The number of thioether (sulfide) groups is 1. The summed E-state index contributed by atoms with van der Waals surface area (Å²) < 4.78 is 1.80. The number of rotatable bonds is 4. The van der Waals surface area contributed by atoms with E-state index < -0.39 is 0 Å². The predicted octanol–water partition coefficient (Wildman–Crippen LogP) is 5.20. The van der Waals surface area contributed by atoms with Gasteiger partial charge in [-0.3, -0.25) is 9.36 Å². The predicted molar refractivity (Wildman–Crippen MR) is 118 cm³/mol. The van der Waals surface area contributed by atoms with Crippen LogP contribution in [0.25, 0.3) is 21.3 Å². The van der Waals surface area contributed by atoms with E-state index in [4.69, 9.17) is 9.97 Å². The fourth-order valence-electron chi connectivity index (χ4n) is 3.24. The van der Waals surface area contributed by atoms with Gasteiger partial charge in [0.15, 0.2) is 5.16 Å². The van der Waals surface area contributed by atoms with Crippen LogP contribution in [0.15, 0.2) is 34.2 Å². The lowest BCUT2D eigenvalue weighted by atomic mass is 10.2. The molecule has 4 rings (SSSR count). The summed E-state index contributed by atoms with van der Waals surface area (Å²) >= 11 is 3.14. The van der Waals surface area contributed by atoms with Gasteiger partial charge in [0, 0.05) is 16.7 Å². The van der Waals surface area contributed by atoms with Gasteiger partial charge < -0.3 is 0 Å². The van der Waals surface area contributed by atoms with E-state index >= 15 is 0 Å². The second-order valence-electron chi connectivity index (χ2n) is 7.16. The van der Waals surface area contributed by atoms with Gasteiger partial charge in [0.2, 0.25) is 0 Å². The molecule has 0 amide bonds. The molecule has 0 bridgehead atoms. The molecule has 0 aliphatic heterocycles. The fraction of sp³-hybridized carbons (Fsp3) is 0.333. The number of hydrogen-bond acceptors (Lipinski definition) is 6. The van der Waals surface area contributed by atoms with Crippen molar-refractivity contribution in [3.63, 3.8) is 0 Å². The molecule has 0 saturated carbocycles. The highest BCUT2D eigenvalue weighted by molar-refractivity contribution is 7.98. The minimum Gasteiger partial charge on any atom is -0.284 e. The van der Waals surface area contributed by atoms with Gasteiger partial charge in [-0.25, -0.2) is 15.0 Å². The second kappa shape index (κ2) is 7.29. The van der Waals surface area contributed by atoms with Crippen LogP contribution in [0, 0.1) is 20.8 Å². The maximum Gasteiger partial charge on any atom is 0.263 e. The Kier molecular flexibility index (Phi) is 4.97. The molecule has 0 fully saturated rings. The van der Waals surface area contributed by atoms with Crippen LogP contribution in [0.2, 0.25) is 0 Å². The number of aryl methyl sites for hydroxylation is 3. The summed E-state index contributed by atoms with van der Waals surface area (Å²) in [5.74, 6) is 0.623. The van der Waals surface area contributed by atoms with Crippen molar-refractivity contribution in [1.29, 1.82) is 0 Å². The lowest BCUT2D eigenvalue weighted by molar-refractivity contribution is 0.519. The van der Waals surface area contributed by atoms with Crippen LogP contribution in [0.5, 0.6) is 0 Å². The molecule has 5 nitrogen and oxygen atoms in total. The Morgan fingerprint density at radius 1 is 1.07 bits per heavy atom. The molecule has 144 valence electrons. The van der Waals surface area contributed by atoms with E-state index in [0.717, 1.165) is 48.2 Å². The van der Waals surface area contributed by atoms with Crippen LogP contribution in [-0.2, 0) is 5.75 Å². The Labute approximate surface area is 171 Å². The molecule has 0 atom stereocenters. The van der Waals surface area contributed by atoms with Gasteiger partial charge in [-0.15, -0.1) is 11.3 Å². The van der Waals surface area contributed by atoms with E-state index in [1.54, 1.807) is 27.7 Å². The number of nitrogens with zero attached hydrogens (tertiary/aromatic N) is 4. The van der Waals surface area contributed by atoms with Gasteiger partial charge in [0.1, 0.15) is 4.83 Å². The Hall–Kier alpha value is -2.25. The maximum absolute atomic E-state index is 13.2. The number of thiophene rings is 1. The monoisotopic (exact) mass is 410 g/mol. The highest BCUT2D eigenvalue weighted by atomic mass is 32.2. The summed E-state index contributed by atoms with van der Waals surface area (Å²) in [6.45, 7) is 10.1. The molecule has 0 aliphatic rings. The summed E-state index contributed by atoms with van der Waals surface area (Å²) in [4.78, 5) is 29.4. The largest absolute Gasteiger partial charge is 0.284 e. The smallest absolute Gasteiger partial charge is 0.263 e. The lowest BCUT2D eigenvalue weighted by Gasteiger charge is -2.15. The van der Waals surface area contributed by atoms with Crippen molar-refractivity contribution in [1.82, 2.24) is 19.5 Å². The van der Waals surface area contributed by atoms with Crippen LogP contribution in [0.3, 0.4) is 0 Å². The first-order chi connectivity index (χ1) is 13.4. The highest BCUT2D eigenvalue weighted by Gasteiger charge is 2.19. The molecule has 1 aromatic carbocycles. The third kappa shape index (κ3) is 3.22. The van der Waals surface area contributed by atoms with Crippen molar-refractivity contribution in [2.24, 2.45) is 0 Å². The van der Waals surface area contributed by atoms with E-state index in [1.165, 1.54) is 0 Å². The van der Waals surface area contributed by atoms with E-state index in [2.05, 4.69) is 4.98 Å². The number of hydrogen-bond donors (Lipinski definition) is 0. The molecule has 0 spiro atoms. The zero-order valence-electron chi connectivity index (χ0n) is 16.6. The maximum atomic E-state index is 13.2. The minimum atomic E-state index is 0.0373. The molecule has 3 aromatic heterocycles. The van der Waals surface area contributed by atoms with Gasteiger partial charge in [0.05, 0.1) is 27.8 Å². The summed E-state index contributed by atoms with van der Waals surface area (Å²) in [6.07, 6.45) is 0. The summed E-state index contributed by atoms with van der Waals surface area (Å²) in [5.41, 5.74) is 4.71. The topological polar surface area (TPSA) is 60.7 Å². The first-order valence-electron chi connectivity index (χ1n) is 9.24. The molecule has 3 heterocycles. The molecule has 7 heteroatoms. The minimum absolute atomic E-state index is 0.0373. The van der Waals surface area contributed by atoms with Gasteiger partial charge in [-0.1, -0.05) is 23.9 Å². The lowest BCUT2D eigenvalue weighted by Crippen LogP contribution is -2.25. The Balaban J connectivity index is 1.77. The zero-order chi connectivity index (χ0) is 20.0. The average molecular weight is 411 g/mol. The van der Waals surface area contributed by atoms with Crippen molar-refractivity contribution in [2.45, 2.75) is 51.6 Å². The van der Waals surface area contributed by atoms with Crippen LogP contribution in [0.4, 0.5) is 0 Å². The first kappa shape index (κ1) is 19.1. The molecule has 0 aliphatic carbocycles. The molecule has 0 N–H and O–H groups in total. The van der Waals surface area contributed by atoms with E-state index in [0.29, 0.717) is 5.75 Å². The van der Waals surface area contributed by atoms with E-state index in [-0.39, 0.29) is 11.6 Å². The van der Waals surface area contributed by atoms with Crippen molar-refractivity contribution < 1.29 is 0 Å². The summed E-state index contributed by atoms with van der Waals surface area (Å²) in [5, 5.41) is 1.49. The molecule has 0 unspecified atom stereocenters. The number of para-hydroxylation sites is 2. The van der Waals surface area contributed by atoms with Crippen molar-refractivity contribution in [3.8, 4) is 0 Å². The standard InChI is InChI=1S/C21H22N4OS2/c1-11(2)25-20(26)18-12(3)14(5)28-19(18)24-21(25)27-10-17-13(4)22-15-8-6-7-9-16(15)23-17/h6-9,11H,10H2,1-5H3. The van der Waals surface area contributed by atoms with Crippen molar-refractivity contribution >= 4 is 44.3 Å². The third-order valence-corrected chi connectivity index (χ3v) is 6.97. The van der Waals surface area contributed by atoms with Crippen LogP contribution >= 0.6 is 23.1 Å². The van der Waals surface area contributed by atoms with E-state index in [1.807, 2.05) is 58.9 Å². The molecule has 28 heavy (non-hydrogen) atoms.